The molecule has 1 amide bonds. The number of rotatable bonds is 10. The molecule has 33 heavy (non-hydrogen) atoms. The Morgan fingerprint density at radius 2 is 1.97 bits per heavy atom. The number of carbonyl (C=O) groups excluding carboxylic acids is 1. The van der Waals surface area contributed by atoms with E-state index in [-0.39, 0.29) is 24.9 Å². The first-order chi connectivity index (χ1) is 16.1. The molecular formula is C24H22ClFN4O3. The highest BCUT2D eigenvalue weighted by Crippen LogP contribution is 2.19. The molecule has 170 valence electrons. The molecule has 0 saturated carbocycles. The second-order valence-corrected chi connectivity index (χ2v) is 7.65. The zero-order valence-electron chi connectivity index (χ0n) is 17.7. The minimum Gasteiger partial charge on any atom is -0.463 e. The summed E-state index contributed by atoms with van der Waals surface area (Å²) >= 11 is 6.04. The summed E-state index contributed by atoms with van der Waals surface area (Å²) in [4.78, 5) is 17.0. The van der Waals surface area contributed by atoms with E-state index in [9.17, 15) is 9.18 Å². The van der Waals surface area contributed by atoms with Gasteiger partial charge in [-0.3, -0.25) is 9.78 Å². The first-order valence-electron chi connectivity index (χ1n) is 10.3. The van der Waals surface area contributed by atoms with Crippen molar-refractivity contribution in [3.8, 4) is 5.75 Å². The maximum atomic E-state index is 12.5. The smallest absolute Gasteiger partial charge is 0.272 e. The van der Waals surface area contributed by atoms with Crippen molar-refractivity contribution in [3.05, 3.63) is 88.8 Å². The summed E-state index contributed by atoms with van der Waals surface area (Å²) < 4.78 is 24.6. The summed E-state index contributed by atoms with van der Waals surface area (Å²) in [5, 5.41) is 8.68. The number of fused-ring (bicyclic) bond motifs is 1. The third-order valence-electron chi connectivity index (χ3n) is 4.93. The van der Waals surface area contributed by atoms with Crippen molar-refractivity contribution in [2.24, 2.45) is 0 Å². The normalized spacial score (nSPS) is 11.0. The number of para-hydroxylation sites is 1. The van der Waals surface area contributed by atoms with Crippen LogP contribution in [0.1, 0.15) is 21.7 Å². The van der Waals surface area contributed by atoms with Crippen LogP contribution in [0.15, 0.2) is 66.9 Å². The van der Waals surface area contributed by atoms with Crippen molar-refractivity contribution in [3.63, 3.8) is 0 Å². The molecule has 4 rings (SSSR count). The lowest BCUT2D eigenvalue weighted by atomic mass is 10.2. The molecule has 0 atom stereocenters. The summed E-state index contributed by atoms with van der Waals surface area (Å²) in [6.45, 7) is -0.0747. The first-order valence-corrected chi connectivity index (χ1v) is 10.7. The van der Waals surface area contributed by atoms with Crippen LogP contribution in [0.2, 0.25) is 5.02 Å². The molecule has 0 aliphatic rings. The lowest BCUT2D eigenvalue weighted by molar-refractivity contribution is 0.0701. The van der Waals surface area contributed by atoms with E-state index >= 15 is 0 Å². The van der Waals surface area contributed by atoms with Crippen molar-refractivity contribution in [2.45, 2.75) is 19.7 Å². The van der Waals surface area contributed by atoms with Crippen LogP contribution >= 0.6 is 11.6 Å². The Hall–Kier alpha value is -3.49. The largest absolute Gasteiger partial charge is 0.463 e. The third-order valence-corrected chi connectivity index (χ3v) is 5.17. The minimum atomic E-state index is -0.930. The van der Waals surface area contributed by atoms with E-state index in [1.807, 2.05) is 30.3 Å². The highest BCUT2D eigenvalue weighted by molar-refractivity contribution is 6.31. The number of benzene rings is 2. The lowest BCUT2D eigenvalue weighted by Gasteiger charge is -2.09. The van der Waals surface area contributed by atoms with Crippen molar-refractivity contribution in [2.75, 3.05) is 13.5 Å². The number of alkyl halides is 1. The highest BCUT2D eigenvalue weighted by Gasteiger charge is 2.11. The highest BCUT2D eigenvalue weighted by atomic mass is 35.5. The van der Waals surface area contributed by atoms with Gasteiger partial charge in [0.2, 0.25) is 6.86 Å². The van der Waals surface area contributed by atoms with Gasteiger partial charge < -0.3 is 14.8 Å². The lowest BCUT2D eigenvalue weighted by Crippen LogP contribution is -2.24. The van der Waals surface area contributed by atoms with Crippen LogP contribution < -0.4 is 10.1 Å². The Labute approximate surface area is 195 Å². The van der Waals surface area contributed by atoms with Gasteiger partial charge in [-0.2, -0.15) is 5.10 Å². The monoisotopic (exact) mass is 468 g/mol. The maximum absolute atomic E-state index is 12.5. The number of nitrogens with one attached hydrogen (secondary N) is 1. The van der Waals surface area contributed by atoms with Crippen LogP contribution in [0, 0.1) is 0 Å². The second-order valence-electron chi connectivity index (χ2n) is 7.21. The van der Waals surface area contributed by atoms with Gasteiger partial charge in [0.15, 0.2) is 0 Å². The van der Waals surface area contributed by atoms with Crippen LogP contribution in [-0.2, 0) is 24.4 Å². The fraction of sp³-hybridized carbons (Fsp3) is 0.208. The summed E-state index contributed by atoms with van der Waals surface area (Å²) in [7, 11) is 0. The van der Waals surface area contributed by atoms with Crippen LogP contribution in [0.4, 0.5) is 4.39 Å². The molecule has 7 nitrogen and oxygen atoms in total. The first kappa shape index (κ1) is 22.7. The second kappa shape index (κ2) is 10.9. The summed E-state index contributed by atoms with van der Waals surface area (Å²) in [6.07, 6.45) is 2.31. The van der Waals surface area contributed by atoms with E-state index in [1.165, 1.54) is 0 Å². The fourth-order valence-electron chi connectivity index (χ4n) is 3.28. The molecule has 2 heterocycles. The molecule has 0 radical (unpaired) electrons. The van der Waals surface area contributed by atoms with E-state index in [2.05, 4.69) is 15.4 Å². The van der Waals surface area contributed by atoms with Crippen molar-refractivity contribution >= 4 is 28.4 Å². The van der Waals surface area contributed by atoms with Gasteiger partial charge in [-0.05, 0) is 30.3 Å². The van der Waals surface area contributed by atoms with Gasteiger partial charge in [0.25, 0.3) is 5.91 Å². The number of ether oxygens (including phenoxy) is 2. The Kier molecular flexibility index (Phi) is 7.49. The molecule has 0 unspecified atom stereocenters. The quantitative estimate of drug-likeness (QED) is 0.346. The van der Waals surface area contributed by atoms with Crippen molar-refractivity contribution in [1.82, 2.24) is 20.1 Å². The summed E-state index contributed by atoms with van der Waals surface area (Å²) in [5.41, 5.74) is 2.69. The minimum absolute atomic E-state index is 0.197. The number of carbonyl (C=O) groups is 1. The molecule has 9 heteroatoms. The zero-order valence-corrected chi connectivity index (χ0v) is 18.5. The van der Waals surface area contributed by atoms with Gasteiger partial charge in [0.1, 0.15) is 18.2 Å². The zero-order chi connectivity index (χ0) is 23.0. The van der Waals surface area contributed by atoms with E-state index in [4.69, 9.17) is 21.1 Å². The maximum Gasteiger partial charge on any atom is 0.272 e. The molecule has 0 aliphatic heterocycles. The Morgan fingerprint density at radius 3 is 2.85 bits per heavy atom. The Bertz CT molecular complexity index is 1250. The number of halogens is 2. The SMILES string of the molecule is O=C(NCc1ccccc1OCF)c1ccn(COCCc2ccc3ccc(Cl)cc3n2)n1. The number of aromatic nitrogens is 3. The van der Waals surface area contributed by atoms with Gasteiger partial charge in [-0.15, -0.1) is 0 Å². The molecule has 2 aromatic carbocycles. The van der Waals surface area contributed by atoms with Crippen LogP contribution in [0.5, 0.6) is 5.75 Å². The number of hydrogen-bond acceptors (Lipinski definition) is 5. The van der Waals surface area contributed by atoms with Crippen molar-refractivity contribution in [1.29, 1.82) is 0 Å². The average molecular weight is 469 g/mol. The number of hydrogen-bond donors (Lipinski definition) is 1. The number of amides is 1. The molecular weight excluding hydrogens is 447 g/mol. The van der Waals surface area contributed by atoms with E-state index in [0.29, 0.717) is 29.4 Å². The van der Waals surface area contributed by atoms with Crippen LogP contribution in [0.3, 0.4) is 0 Å². The number of pyridine rings is 1. The van der Waals surface area contributed by atoms with E-state index in [1.54, 1.807) is 41.2 Å². The Morgan fingerprint density at radius 1 is 1.12 bits per heavy atom. The predicted molar refractivity (Wildman–Crippen MR) is 123 cm³/mol. The predicted octanol–water partition coefficient (Wildman–Crippen LogP) is 4.54. The molecule has 0 fully saturated rings. The molecule has 0 spiro atoms. The molecule has 0 bridgehead atoms. The van der Waals surface area contributed by atoms with Crippen molar-refractivity contribution < 1.29 is 18.7 Å². The summed E-state index contributed by atoms with van der Waals surface area (Å²) in [5.74, 6) is 0.0473. The molecule has 1 N–H and O–H groups in total. The Balaban J connectivity index is 1.24. The fourth-order valence-corrected chi connectivity index (χ4v) is 3.44. The van der Waals surface area contributed by atoms with E-state index < -0.39 is 6.86 Å². The van der Waals surface area contributed by atoms with Gasteiger partial charge >= 0.3 is 0 Å². The number of nitrogens with zero attached hydrogens (tertiary/aromatic N) is 3. The third kappa shape index (κ3) is 6.06. The molecule has 4 aromatic rings. The topological polar surface area (TPSA) is 78.3 Å². The van der Waals surface area contributed by atoms with Gasteiger partial charge in [-0.25, -0.2) is 9.07 Å². The average Bonchev–Trinajstić information content (AvgIpc) is 3.30. The van der Waals surface area contributed by atoms with Gasteiger partial charge in [0.05, 0.1) is 12.1 Å². The van der Waals surface area contributed by atoms with Gasteiger partial charge in [-0.1, -0.05) is 41.9 Å². The van der Waals surface area contributed by atoms with Crippen LogP contribution in [0.25, 0.3) is 10.9 Å². The van der Waals surface area contributed by atoms with Gasteiger partial charge in [0, 0.05) is 40.8 Å². The van der Waals surface area contributed by atoms with Crippen LogP contribution in [-0.4, -0.2) is 34.1 Å². The molecule has 2 aromatic heterocycles. The molecule has 0 aliphatic carbocycles. The standard InChI is InChI=1S/C24H22ClFN4O3/c25-19-7-5-17-6-8-20(28-22(17)13-19)10-12-32-16-30-11-9-21(29-30)24(31)27-14-18-3-1-2-4-23(18)33-15-26/h1-9,11,13H,10,12,14-16H2,(H,27,31). The molecule has 0 saturated heterocycles. The van der Waals surface area contributed by atoms with E-state index in [0.717, 1.165) is 16.6 Å². The summed E-state index contributed by atoms with van der Waals surface area (Å²) in [6, 6.07) is 18.1.